The molecule has 1 aliphatic rings. The minimum absolute atomic E-state index is 0.00741. The summed E-state index contributed by atoms with van der Waals surface area (Å²) in [5, 5.41) is 9.12. The Kier molecular flexibility index (Phi) is 4.61. The number of carbonyl (C=O) groups excluding carboxylic acids is 1. The molecule has 0 bridgehead atoms. The van der Waals surface area contributed by atoms with Gasteiger partial charge in [-0.1, -0.05) is 13.0 Å². The summed E-state index contributed by atoms with van der Waals surface area (Å²) in [6.45, 7) is 12.7. The zero-order valence-corrected chi connectivity index (χ0v) is 12.2. The number of carboxylic acid groups (broad SMARTS) is 1. The zero-order valence-electron chi connectivity index (χ0n) is 12.2. The predicted octanol–water partition coefficient (Wildman–Crippen LogP) is 2.05. The Morgan fingerprint density at radius 2 is 2.00 bits per heavy atom. The normalized spacial score (nSPS) is 23.3. The highest BCUT2D eigenvalue weighted by molar-refractivity contribution is 5.78. The topological polar surface area (TPSA) is 60.9 Å². The number of carbonyl (C=O) groups is 2. The number of hydrogen-bond acceptors (Lipinski definition) is 2. The molecule has 2 amide bonds. The average Bonchev–Trinajstić information content (AvgIpc) is 2.66. The molecule has 1 fully saturated rings. The van der Waals surface area contributed by atoms with E-state index in [0.717, 1.165) is 0 Å². The van der Waals surface area contributed by atoms with Gasteiger partial charge in [0.15, 0.2) is 0 Å². The number of urea groups is 1. The third-order valence-electron chi connectivity index (χ3n) is 3.55. The van der Waals surface area contributed by atoms with E-state index < -0.39 is 11.9 Å². The van der Waals surface area contributed by atoms with Gasteiger partial charge in [-0.3, -0.25) is 4.79 Å². The molecule has 2 atom stereocenters. The molecule has 0 radical (unpaired) electrons. The first-order chi connectivity index (χ1) is 8.68. The van der Waals surface area contributed by atoms with Gasteiger partial charge in [-0.05, 0) is 26.7 Å². The first-order valence-electron chi connectivity index (χ1n) is 6.58. The van der Waals surface area contributed by atoms with Crippen molar-refractivity contribution in [3.05, 3.63) is 12.7 Å². The van der Waals surface area contributed by atoms with Crippen molar-refractivity contribution in [3.63, 3.8) is 0 Å². The summed E-state index contributed by atoms with van der Waals surface area (Å²) in [6, 6.07) is -0.108. The van der Waals surface area contributed by atoms with E-state index in [-0.39, 0.29) is 17.5 Å². The van der Waals surface area contributed by atoms with Gasteiger partial charge in [0.25, 0.3) is 0 Å². The Balaban J connectivity index is 2.82. The van der Waals surface area contributed by atoms with E-state index in [1.54, 1.807) is 15.9 Å². The molecule has 5 nitrogen and oxygen atoms in total. The molecule has 0 aromatic carbocycles. The maximum atomic E-state index is 12.5. The molecule has 108 valence electrons. The predicted molar refractivity (Wildman–Crippen MR) is 73.9 cm³/mol. The van der Waals surface area contributed by atoms with Crippen molar-refractivity contribution in [2.75, 3.05) is 19.6 Å². The number of rotatable bonds is 3. The molecule has 0 unspecified atom stereocenters. The standard InChI is InChI=1S/C14H24N2O3/c1-6-7-16(14(3,4)5)13(19)15-8-10(2)11(9-15)12(17)18/h6,10-11H,1,7-9H2,2-5H3,(H,17,18)/t10-,11-/m1/s1. The molecule has 1 N–H and O–H groups in total. The number of nitrogens with zero attached hydrogens (tertiary/aromatic N) is 2. The molecular weight excluding hydrogens is 244 g/mol. The maximum absolute atomic E-state index is 12.5. The van der Waals surface area contributed by atoms with Crippen LogP contribution in [0.4, 0.5) is 4.79 Å². The van der Waals surface area contributed by atoms with Crippen LogP contribution in [-0.2, 0) is 4.79 Å². The van der Waals surface area contributed by atoms with Gasteiger partial charge in [-0.25, -0.2) is 4.79 Å². The fourth-order valence-electron chi connectivity index (χ4n) is 2.38. The van der Waals surface area contributed by atoms with Crippen molar-refractivity contribution in [1.29, 1.82) is 0 Å². The molecule has 0 saturated carbocycles. The highest BCUT2D eigenvalue weighted by atomic mass is 16.4. The van der Waals surface area contributed by atoms with Crippen molar-refractivity contribution in [1.82, 2.24) is 9.80 Å². The third kappa shape index (κ3) is 3.49. The average molecular weight is 268 g/mol. The van der Waals surface area contributed by atoms with E-state index in [1.165, 1.54) is 0 Å². The Hall–Kier alpha value is -1.52. The first-order valence-corrected chi connectivity index (χ1v) is 6.58. The molecule has 19 heavy (non-hydrogen) atoms. The monoisotopic (exact) mass is 268 g/mol. The summed E-state index contributed by atoms with van der Waals surface area (Å²) in [5.41, 5.74) is -0.310. The molecule has 1 rings (SSSR count). The molecule has 0 aromatic heterocycles. The van der Waals surface area contributed by atoms with Crippen LogP contribution in [0.25, 0.3) is 0 Å². The lowest BCUT2D eigenvalue weighted by Gasteiger charge is -2.37. The molecule has 1 aliphatic heterocycles. The lowest BCUT2D eigenvalue weighted by atomic mass is 9.99. The van der Waals surface area contributed by atoms with Gasteiger partial charge in [0.05, 0.1) is 5.92 Å². The van der Waals surface area contributed by atoms with Gasteiger partial charge >= 0.3 is 12.0 Å². The van der Waals surface area contributed by atoms with E-state index in [0.29, 0.717) is 19.6 Å². The summed E-state index contributed by atoms with van der Waals surface area (Å²) < 4.78 is 0. The molecule has 0 spiro atoms. The van der Waals surface area contributed by atoms with Crippen LogP contribution < -0.4 is 0 Å². The quantitative estimate of drug-likeness (QED) is 0.797. The van der Waals surface area contributed by atoms with E-state index >= 15 is 0 Å². The smallest absolute Gasteiger partial charge is 0.320 e. The number of hydrogen-bond donors (Lipinski definition) is 1. The highest BCUT2D eigenvalue weighted by Crippen LogP contribution is 2.26. The van der Waals surface area contributed by atoms with Crippen molar-refractivity contribution in [2.24, 2.45) is 11.8 Å². The van der Waals surface area contributed by atoms with Crippen LogP contribution >= 0.6 is 0 Å². The Labute approximate surface area is 114 Å². The second-order valence-corrected chi connectivity index (χ2v) is 6.18. The molecule has 0 aromatic rings. The van der Waals surface area contributed by atoms with Crippen molar-refractivity contribution in [2.45, 2.75) is 33.2 Å². The van der Waals surface area contributed by atoms with Crippen LogP contribution in [0, 0.1) is 11.8 Å². The number of aliphatic carboxylic acids is 1. The van der Waals surface area contributed by atoms with Gasteiger partial charge in [0.1, 0.15) is 0 Å². The summed E-state index contributed by atoms with van der Waals surface area (Å²) in [6.07, 6.45) is 1.69. The van der Waals surface area contributed by atoms with Gasteiger partial charge in [-0.2, -0.15) is 0 Å². The fourth-order valence-corrected chi connectivity index (χ4v) is 2.38. The van der Waals surface area contributed by atoms with Gasteiger partial charge in [0, 0.05) is 25.2 Å². The molecule has 5 heteroatoms. The van der Waals surface area contributed by atoms with Crippen LogP contribution in [0.3, 0.4) is 0 Å². The van der Waals surface area contributed by atoms with Gasteiger partial charge in [-0.15, -0.1) is 6.58 Å². The summed E-state index contributed by atoms with van der Waals surface area (Å²) >= 11 is 0. The van der Waals surface area contributed by atoms with E-state index in [4.69, 9.17) is 5.11 Å². The molecule has 1 heterocycles. The first kappa shape index (κ1) is 15.5. The van der Waals surface area contributed by atoms with Crippen LogP contribution in [0.2, 0.25) is 0 Å². The fraction of sp³-hybridized carbons (Fsp3) is 0.714. The van der Waals surface area contributed by atoms with Gasteiger partial charge < -0.3 is 14.9 Å². The lowest BCUT2D eigenvalue weighted by Crippen LogP contribution is -2.51. The summed E-state index contributed by atoms with van der Waals surface area (Å²) in [4.78, 5) is 27.0. The molecule has 0 aliphatic carbocycles. The minimum atomic E-state index is -0.825. The number of likely N-dealkylation sites (tertiary alicyclic amines) is 1. The maximum Gasteiger partial charge on any atom is 0.320 e. The van der Waals surface area contributed by atoms with Crippen LogP contribution in [0.5, 0.6) is 0 Å². The van der Waals surface area contributed by atoms with Crippen molar-refractivity contribution in [3.8, 4) is 0 Å². The van der Waals surface area contributed by atoms with Crippen LogP contribution in [-0.4, -0.2) is 52.1 Å². The summed E-state index contributed by atoms with van der Waals surface area (Å²) in [5.74, 6) is -1.30. The van der Waals surface area contributed by atoms with Crippen LogP contribution in [0.1, 0.15) is 27.7 Å². The Bertz CT molecular complexity index is 373. The second-order valence-electron chi connectivity index (χ2n) is 6.18. The van der Waals surface area contributed by atoms with E-state index in [1.807, 2.05) is 27.7 Å². The largest absolute Gasteiger partial charge is 0.481 e. The SMILES string of the molecule is C=CCN(C(=O)N1C[C@@H](C)[C@H](C(=O)O)C1)C(C)(C)C. The van der Waals surface area contributed by atoms with Crippen molar-refractivity contribution >= 4 is 12.0 Å². The minimum Gasteiger partial charge on any atom is -0.481 e. The second kappa shape index (κ2) is 5.63. The number of carboxylic acids is 1. The molecular formula is C14H24N2O3. The molecule has 1 saturated heterocycles. The number of amides is 2. The van der Waals surface area contributed by atoms with Gasteiger partial charge in [0.2, 0.25) is 0 Å². The highest BCUT2D eigenvalue weighted by Gasteiger charge is 2.39. The van der Waals surface area contributed by atoms with E-state index in [2.05, 4.69) is 6.58 Å². The van der Waals surface area contributed by atoms with Crippen molar-refractivity contribution < 1.29 is 14.7 Å². The Morgan fingerprint density at radius 3 is 2.37 bits per heavy atom. The lowest BCUT2D eigenvalue weighted by molar-refractivity contribution is -0.142. The summed E-state index contributed by atoms with van der Waals surface area (Å²) in [7, 11) is 0. The third-order valence-corrected chi connectivity index (χ3v) is 3.55. The zero-order chi connectivity index (χ0) is 14.8. The van der Waals surface area contributed by atoms with Crippen LogP contribution in [0.15, 0.2) is 12.7 Å². The Morgan fingerprint density at radius 1 is 1.42 bits per heavy atom. The van der Waals surface area contributed by atoms with E-state index in [9.17, 15) is 9.59 Å².